The molecule has 3 unspecified atom stereocenters. The van der Waals surface area contributed by atoms with Gasteiger partial charge in [-0.15, -0.1) is 0 Å². The molecule has 0 saturated heterocycles. The van der Waals surface area contributed by atoms with Gasteiger partial charge in [0, 0.05) is 31.4 Å². The summed E-state index contributed by atoms with van der Waals surface area (Å²) in [6.07, 6.45) is 4.68. The normalized spacial score (nSPS) is 25.1. The molecular weight excluding hydrogens is 254 g/mol. The summed E-state index contributed by atoms with van der Waals surface area (Å²) in [6, 6.07) is 0.510. The lowest BCUT2D eigenvalue weighted by Gasteiger charge is -2.20. The number of aliphatic hydroxyl groups is 1. The topological polar surface area (TPSA) is 74.5 Å². The third kappa shape index (κ3) is 3.72. The summed E-state index contributed by atoms with van der Waals surface area (Å²) < 4.78 is 1.68. The fraction of sp³-hybridized carbons (Fsp3) is 0.714. The molecule has 1 aromatic heterocycles. The van der Waals surface area contributed by atoms with Crippen molar-refractivity contribution in [2.75, 3.05) is 13.1 Å². The minimum atomic E-state index is -1.01. The van der Waals surface area contributed by atoms with Crippen molar-refractivity contribution in [3.05, 3.63) is 18.0 Å². The number of aromatic nitrogens is 2. The molecule has 0 aliphatic heterocycles. The van der Waals surface area contributed by atoms with Crippen LogP contribution in [0.2, 0.25) is 0 Å². The van der Waals surface area contributed by atoms with Crippen molar-refractivity contribution in [1.29, 1.82) is 0 Å². The highest BCUT2D eigenvalue weighted by Crippen LogP contribution is 2.28. The number of aryl methyl sites for hydroxylation is 1. The van der Waals surface area contributed by atoms with Gasteiger partial charge in [0.15, 0.2) is 5.96 Å². The standard InChI is InChI=1S/C14H25N5O/c1-5-15-13(18-12-6-10(12)2)16-9-14(3,20)11-7-17-19(4)8-11/h7-8,10,12,20H,5-6,9H2,1-4H3,(H2,15,16,18). The van der Waals surface area contributed by atoms with Gasteiger partial charge in [-0.25, -0.2) is 4.99 Å². The summed E-state index contributed by atoms with van der Waals surface area (Å²) in [5.41, 5.74) is -0.231. The highest BCUT2D eigenvalue weighted by molar-refractivity contribution is 5.80. The summed E-state index contributed by atoms with van der Waals surface area (Å²) in [7, 11) is 1.84. The Labute approximate surface area is 120 Å². The molecule has 0 amide bonds. The van der Waals surface area contributed by atoms with Gasteiger partial charge in [-0.3, -0.25) is 4.68 Å². The Hall–Kier alpha value is -1.56. The highest BCUT2D eigenvalue weighted by atomic mass is 16.3. The van der Waals surface area contributed by atoms with E-state index >= 15 is 0 Å². The highest BCUT2D eigenvalue weighted by Gasteiger charge is 2.33. The van der Waals surface area contributed by atoms with Crippen LogP contribution in [0.4, 0.5) is 0 Å². The van der Waals surface area contributed by atoms with Crippen LogP contribution in [-0.4, -0.2) is 40.0 Å². The number of guanidine groups is 1. The van der Waals surface area contributed by atoms with Crippen molar-refractivity contribution in [2.45, 2.75) is 38.8 Å². The SMILES string of the molecule is CCNC(=NCC(C)(O)c1cnn(C)c1)NC1CC1C. The van der Waals surface area contributed by atoms with Crippen LogP contribution in [0.15, 0.2) is 17.4 Å². The zero-order chi connectivity index (χ0) is 14.8. The molecule has 112 valence electrons. The fourth-order valence-electron chi connectivity index (χ4n) is 2.04. The van der Waals surface area contributed by atoms with Gasteiger partial charge in [0.05, 0.1) is 12.7 Å². The van der Waals surface area contributed by atoms with Crippen molar-refractivity contribution in [3.8, 4) is 0 Å². The van der Waals surface area contributed by atoms with E-state index in [0.29, 0.717) is 18.5 Å². The molecule has 1 aliphatic carbocycles. The number of rotatable bonds is 5. The number of nitrogens with one attached hydrogen (secondary N) is 2. The van der Waals surface area contributed by atoms with Crippen LogP contribution in [0.1, 0.15) is 32.8 Å². The first-order valence-electron chi connectivity index (χ1n) is 7.18. The summed E-state index contributed by atoms with van der Waals surface area (Å²) in [5.74, 6) is 1.48. The molecule has 1 aliphatic rings. The van der Waals surface area contributed by atoms with Gasteiger partial charge in [-0.05, 0) is 26.2 Å². The Morgan fingerprint density at radius 2 is 2.35 bits per heavy atom. The minimum Gasteiger partial charge on any atom is -0.383 e. The Morgan fingerprint density at radius 1 is 1.65 bits per heavy atom. The maximum atomic E-state index is 10.5. The molecule has 6 heteroatoms. The van der Waals surface area contributed by atoms with Crippen molar-refractivity contribution in [3.63, 3.8) is 0 Å². The average Bonchev–Trinajstić information content (AvgIpc) is 2.87. The van der Waals surface area contributed by atoms with Gasteiger partial charge in [0.1, 0.15) is 5.60 Å². The molecule has 0 spiro atoms. The largest absolute Gasteiger partial charge is 0.383 e. The van der Waals surface area contributed by atoms with E-state index in [2.05, 4.69) is 27.6 Å². The number of nitrogens with zero attached hydrogens (tertiary/aromatic N) is 3. The molecule has 0 bridgehead atoms. The van der Waals surface area contributed by atoms with Crippen LogP contribution in [0.5, 0.6) is 0 Å². The second kappa shape index (κ2) is 5.83. The zero-order valence-electron chi connectivity index (χ0n) is 12.7. The first-order chi connectivity index (χ1) is 9.42. The van der Waals surface area contributed by atoms with Crippen LogP contribution < -0.4 is 10.6 Å². The summed E-state index contributed by atoms with van der Waals surface area (Å²) in [4.78, 5) is 4.49. The molecule has 1 saturated carbocycles. The number of aliphatic imine (C=N–C) groups is 1. The van der Waals surface area contributed by atoms with Gasteiger partial charge in [0.25, 0.3) is 0 Å². The molecule has 2 rings (SSSR count). The van der Waals surface area contributed by atoms with Gasteiger partial charge >= 0.3 is 0 Å². The molecule has 1 heterocycles. The molecule has 3 N–H and O–H groups in total. The molecule has 1 aromatic rings. The third-order valence-electron chi connectivity index (χ3n) is 3.65. The third-order valence-corrected chi connectivity index (χ3v) is 3.65. The van der Waals surface area contributed by atoms with Gasteiger partial charge in [-0.1, -0.05) is 6.92 Å². The molecule has 6 nitrogen and oxygen atoms in total. The Kier molecular flexibility index (Phi) is 4.32. The van der Waals surface area contributed by atoms with Crippen molar-refractivity contribution >= 4 is 5.96 Å². The molecule has 20 heavy (non-hydrogen) atoms. The first kappa shape index (κ1) is 14.8. The van der Waals surface area contributed by atoms with E-state index in [-0.39, 0.29) is 0 Å². The Balaban J connectivity index is 1.99. The van der Waals surface area contributed by atoms with Gasteiger partial charge in [0.2, 0.25) is 0 Å². The van der Waals surface area contributed by atoms with E-state index in [4.69, 9.17) is 0 Å². The fourth-order valence-corrected chi connectivity index (χ4v) is 2.04. The van der Waals surface area contributed by atoms with Crippen molar-refractivity contribution in [1.82, 2.24) is 20.4 Å². The predicted molar refractivity (Wildman–Crippen MR) is 79.5 cm³/mol. The molecule has 3 atom stereocenters. The summed E-state index contributed by atoms with van der Waals surface area (Å²) in [6.45, 7) is 7.12. The smallest absolute Gasteiger partial charge is 0.191 e. The summed E-state index contributed by atoms with van der Waals surface area (Å²) in [5, 5.41) is 21.2. The van der Waals surface area contributed by atoms with Crippen LogP contribution >= 0.6 is 0 Å². The second-order valence-electron chi connectivity index (χ2n) is 5.84. The van der Waals surface area contributed by atoms with Crippen LogP contribution in [0.25, 0.3) is 0 Å². The van der Waals surface area contributed by atoms with Gasteiger partial charge < -0.3 is 15.7 Å². The van der Waals surface area contributed by atoms with Gasteiger partial charge in [-0.2, -0.15) is 5.10 Å². The molecule has 0 radical (unpaired) electrons. The van der Waals surface area contributed by atoms with E-state index < -0.39 is 5.60 Å². The Morgan fingerprint density at radius 3 is 2.85 bits per heavy atom. The molecule has 0 aromatic carbocycles. The number of hydrogen-bond donors (Lipinski definition) is 3. The average molecular weight is 279 g/mol. The van der Waals surface area contributed by atoms with E-state index in [1.54, 1.807) is 17.8 Å². The lowest BCUT2D eigenvalue weighted by atomic mass is 10.0. The summed E-state index contributed by atoms with van der Waals surface area (Å²) >= 11 is 0. The second-order valence-corrected chi connectivity index (χ2v) is 5.84. The Bertz CT molecular complexity index is 480. The monoisotopic (exact) mass is 279 g/mol. The number of hydrogen-bond acceptors (Lipinski definition) is 3. The van der Waals surface area contributed by atoms with Crippen LogP contribution in [0, 0.1) is 5.92 Å². The van der Waals surface area contributed by atoms with E-state index in [1.807, 2.05) is 20.2 Å². The van der Waals surface area contributed by atoms with E-state index in [0.717, 1.165) is 18.1 Å². The maximum Gasteiger partial charge on any atom is 0.191 e. The lowest BCUT2D eigenvalue weighted by Crippen LogP contribution is -2.40. The molecule has 1 fully saturated rings. The quantitative estimate of drug-likeness (QED) is 0.545. The van der Waals surface area contributed by atoms with Crippen molar-refractivity contribution < 1.29 is 5.11 Å². The predicted octanol–water partition coefficient (Wildman–Crippen LogP) is 0.591. The maximum absolute atomic E-state index is 10.5. The van der Waals surface area contributed by atoms with E-state index in [1.165, 1.54) is 6.42 Å². The first-order valence-corrected chi connectivity index (χ1v) is 7.18. The van der Waals surface area contributed by atoms with Crippen LogP contribution in [-0.2, 0) is 12.6 Å². The van der Waals surface area contributed by atoms with Crippen LogP contribution in [0.3, 0.4) is 0 Å². The lowest BCUT2D eigenvalue weighted by molar-refractivity contribution is 0.0671. The minimum absolute atomic E-state index is 0.301. The van der Waals surface area contributed by atoms with E-state index in [9.17, 15) is 5.11 Å². The van der Waals surface area contributed by atoms with Crippen molar-refractivity contribution in [2.24, 2.45) is 18.0 Å². The zero-order valence-corrected chi connectivity index (χ0v) is 12.7. The molecular formula is C14H25N5O.